The van der Waals surface area contributed by atoms with Gasteiger partial charge in [0.05, 0.1) is 0 Å². The largest absolute Gasteiger partial charge is 0.371 e. The fourth-order valence-corrected chi connectivity index (χ4v) is 0.181. The van der Waals surface area contributed by atoms with Gasteiger partial charge in [-0.1, -0.05) is 0 Å². The van der Waals surface area contributed by atoms with Crippen LogP contribution in [0.15, 0.2) is 0 Å². The Balaban J connectivity index is 3.89. The zero-order chi connectivity index (χ0) is 6.57. The number of rotatable bonds is 1. The molecule has 8 heavy (non-hydrogen) atoms. The molecule has 0 atom stereocenters. The van der Waals surface area contributed by atoms with E-state index < -0.39 is 0 Å². The fraction of sp³-hybridized carbons (Fsp3) is 0.250. The second-order valence-electron chi connectivity index (χ2n) is 1.11. The maximum Gasteiger partial charge on any atom is 0.174 e. The molecule has 4 nitrogen and oxygen atoms in total. The van der Waals surface area contributed by atoms with Crippen molar-refractivity contribution in [3.8, 4) is 6.07 Å². The molecule has 0 aliphatic rings. The van der Waals surface area contributed by atoms with Gasteiger partial charge in [-0.15, -0.1) is 0 Å². The lowest BCUT2D eigenvalue weighted by molar-refractivity contribution is 1.16. The summed E-state index contributed by atoms with van der Waals surface area (Å²) < 4.78 is 0. The lowest BCUT2D eigenvalue weighted by atomic mass is 10.4. The Kier molecular flexibility index (Phi) is 2.28. The maximum atomic E-state index is 7.98. The second-order valence-corrected chi connectivity index (χ2v) is 1.11. The summed E-state index contributed by atoms with van der Waals surface area (Å²) in [6.07, 6.45) is 0. The van der Waals surface area contributed by atoms with Gasteiger partial charge in [-0.05, 0) is 0 Å². The van der Waals surface area contributed by atoms with Gasteiger partial charge in [-0.25, -0.2) is 0 Å². The number of nitrogens with one attached hydrogen (secondary N) is 3. The summed E-state index contributed by atoms with van der Waals surface area (Å²) in [7, 11) is 1.49. The minimum absolute atomic E-state index is 0.146. The molecule has 0 saturated heterocycles. The Hall–Kier alpha value is -1.37. The highest BCUT2D eigenvalue weighted by atomic mass is 14.9. The number of hydrogen-bond donors (Lipinski definition) is 3. The molecule has 0 aromatic rings. The molecule has 0 rings (SSSR count). The Morgan fingerprint density at radius 2 is 2.12 bits per heavy atom. The molecule has 0 fully saturated rings. The molecule has 4 heteroatoms. The molecule has 0 unspecified atom stereocenters. The van der Waals surface area contributed by atoms with Gasteiger partial charge in [0, 0.05) is 7.05 Å². The van der Waals surface area contributed by atoms with Crippen molar-refractivity contribution in [2.45, 2.75) is 0 Å². The van der Waals surface area contributed by atoms with E-state index in [1.165, 1.54) is 13.1 Å². The molecule has 0 amide bonds. The Morgan fingerprint density at radius 3 is 2.25 bits per heavy atom. The summed E-state index contributed by atoms with van der Waals surface area (Å²) in [5.74, 6) is -0.146. The van der Waals surface area contributed by atoms with Crippen molar-refractivity contribution in [2.75, 3.05) is 7.05 Å². The third-order valence-corrected chi connectivity index (χ3v) is 0.612. The summed E-state index contributed by atoms with van der Waals surface area (Å²) in [4.78, 5) is 0. The third kappa shape index (κ3) is 1.39. The van der Waals surface area contributed by atoms with Crippen LogP contribution in [0.3, 0.4) is 0 Å². The molecule has 0 spiro atoms. The van der Waals surface area contributed by atoms with Crippen molar-refractivity contribution in [1.82, 2.24) is 5.32 Å². The van der Waals surface area contributed by atoms with Crippen molar-refractivity contribution in [1.29, 1.82) is 16.1 Å². The quantitative estimate of drug-likeness (QED) is 0.320. The molecule has 0 aromatic heterocycles. The Labute approximate surface area is 47.1 Å². The van der Waals surface area contributed by atoms with Gasteiger partial charge in [0.15, 0.2) is 11.5 Å². The minimum atomic E-state index is -0.340. The third-order valence-electron chi connectivity index (χ3n) is 0.612. The predicted molar refractivity (Wildman–Crippen MR) is 30.1 cm³/mol. The molecule has 0 aromatic carbocycles. The molecule has 3 N–H and O–H groups in total. The zero-order valence-electron chi connectivity index (χ0n) is 4.45. The number of nitrogens with zero attached hydrogens (tertiary/aromatic N) is 1. The smallest absolute Gasteiger partial charge is 0.174 e. The van der Waals surface area contributed by atoms with E-state index in [1.807, 2.05) is 0 Å². The summed E-state index contributed by atoms with van der Waals surface area (Å²) >= 11 is 0. The molecule has 0 radical (unpaired) electrons. The van der Waals surface area contributed by atoms with E-state index in [-0.39, 0.29) is 11.5 Å². The van der Waals surface area contributed by atoms with E-state index >= 15 is 0 Å². The topological polar surface area (TPSA) is 83.5 Å². The van der Waals surface area contributed by atoms with Gasteiger partial charge in [-0.3, -0.25) is 10.8 Å². The Morgan fingerprint density at radius 1 is 1.62 bits per heavy atom. The maximum absolute atomic E-state index is 7.98. The van der Waals surface area contributed by atoms with Crippen LogP contribution in [0.2, 0.25) is 0 Å². The fourth-order valence-electron chi connectivity index (χ4n) is 0.181. The van der Waals surface area contributed by atoms with E-state index in [0.29, 0.717) is 0 Å². The van der Waals surface area contributed by atoms with Crippen LogP contribution in [-0.2, 0) is 0 Å². The molecule has 0 heterocycles. The molecule has 0 bridgehead atoms. The van der Waals surface area contributed by atoms with Crippen molar-refractivity contribution in [3.63, 3.8) is 0 Å². The van der Waals surface area contributed by atoms with Crippen LogP contribution in [0.4, 0.5) is 0 Å². The SMILES string of the molecule is CNC(=N)C(=N)C#N. The number of nitriles is 1. The molecule has 0 saturated carbocycles. The van der Waals surface area contributed by atoms with Gasteiger partial charge < -0.3 is 5.32 Å². The lowest BCUT2D eigenvalue weighted by Gasteiger charge is -1.92. The van der Waals surface area contributed by atoms with Crippen molar-refractivity contribution in [3.05, 3.63) is 0 Å². The molecular weight excluding hydrogens is 104 g/mol. The molecular formula is C4H6N4. The van der Waals surface area contributed by atoms with Crippen molar-refractivity contribution < 1.29 is 0 Å². The predicted octanol–water partition coefficient (Wildman–Crippen LogP) is -0.274. The van der Waals surface area contributed by atoms with Gasteiger partial charge in [0.1, 0.15) is 6.07 Å². The number of amidine groups is 1. The molecule has 0 aliphatic heterocycles. The van der Waals surface area contributed by atoms with Crippen LogP contribution in [0.5, 0.6) is 0 Å². The Bertz CT molecular complexity index is 152. The van der Waals surface area contributed by atoms with Crippen LogP contribution in [0.1, 0.15) is 0 Å². The summed E-state index contributed by atoms with van der Waals surface area (Å²) in [6.45, 7) is 0. The van der Waals surface area contributed by atoms with Gasteiger partial charge in [0.25, 0.3) is 0 Å². The van der Waals surface area contributed by atoms with Crippen LogP contribution < -0.4 is 5.32 Å². The normalized spacial score (nSPS) is 7.00. The molecule has 0 aliphatic carbocycles. The highest BCUT2D eigenvalue weighted by Gasteiger charge is 1.96. The van der Waals surface area contributed by atoms with Crippen LogP contribution in [0.25, 0.3) is 0 Å². The van der Waals surface area contributed by atoms with Crippen molar-refractivity contribution >= 4 is 11.5 Å². The number of hydrogen-bond acceptors (Lipinski definition) is 3. The highest BCUT2D eigenvalue weighted by Crippen LogP contribution is 1.66. The van der Waals surface area contributed by atoms with Crippen LogP contribution >= 0.6 is 0 Å². The molecule has 42 valence electrons. The average molecular weight is 110 g/mol. The second kappa shape index (κ2) is 2.75. The standard InChI is InChI=1S/C4H6N4/c1-8-4(7)3(6)2-5/h6H,1H3,(H2,7,8). The lowest BCUT2D eigenvalue weighted by Crippen LogP contribution is -2.24. The van der Waals surface area contributed by atoms with Crippen LogP contribution in [0, 0.1) is 22.1 Å². The summed E-state index contributed by atoms with van der Waals surface area (Å²) in [6, 6.07) is 1.51. The first-order valence-corrected chi connectivity index (χ1v) is 1.97. The van der Waals surface area contributed by atoms with E-state index in [1.54, 1.807) is 0 Å². The minimum Gasteiger partial charge on any atom is -0.371 e. The van der Waals surface area contributed by atoms with E-state index in [9.17, 15) is 0 Å². The van der Waals surface area contributed by atoms with Gasteiger partial charge in [0.2, 0.25) is 0 Å². The highest BCUT2D eigenvalue weighted by molar-refractivity contribution is 6.44. The van der Waals surface area contributed by atoms with Crippen molar-refractivity contribution in [2.24, 2.45) is 0 Å². The first-order valence-electron chi connectivity index (χ1n) is 1.97. The summed E-state index contributed by atoms with van der Waals surface area (Å²) in [5, 5.41) is 23.8. The van der Waals surface area contributed by atoms with E-state index in [2.05, 4.69) is 5.32 Å². The first kappa shape index (κ1) is 6.63. The van der Waals surface area contributed by atoms with Gasteiger partial charge in [-0.2, -0.15) is 5.26 Å². The average Bonchev–Trinajstić information content (AvgIpc) is 1.84. The van der Waals surface area contributed by atoms with E-state index in [4.69, 9.17) is 16.1 Å². The van der Waals surface area contributed by atoms with Gasteiger partial charge >= 0.3 is 0 Å². The van der Waals surface area contributed by atoms with E-state index in [0.717, 1.165) is 0 Å². The summed E-state index contributed by atoms with van der Waals surface area (Å²) in [5.41, 5.74) is -0.340. The monoisotopic (exact) mass is 110 g/mol. The first-order chi connectivity index (χ1) is 3.72. The van der Waals surface area contributed by atoms with Crippen LogP contribution in [-0.4, -0.2) is 18.6 Å². The zero-order valence-corrected chi connectivity index (χ0v) is 4.45.